The van der Waals surface area contributed by atoms with E-state index < -0.39 is 0 Å². The van der Waals surface area contributed by atoms with Crippen LogP contribution < -0.4 is 0 Å². The second-order valence-electron chi connectivity index (χ2n) is 2.77. The van der Waals surface area contributed by atoms with Crippen LogP contribution in [0.4, 0.5) is 0 Å². The summed E-state index contributed by atoms with van der Waals surface area (Å²) in [6, 6.07) is 0. The molecule has 1 aliphatic heterocycles. The molecule has 0 amide bonds. The zero-order chi connectivity index (χ0) is 6.20. The first-order valence-electron chi connectivity index (χ1n) is 2.74. The number of hydrogen-bond donors (Lipinski definition) is 0. The Labute approximate surface area is 49.5 Å². The maximum Gasteiger partial charge on any atom is 0.183 e. The van der Waals surface area contributed by atoms with Crippen LogP contribution in [0.2, 0.25) is 0 Å². The van der Waals surface area contributed by atoms with E-state index in [0.717, 1.165) is 0 Å². The molecule has 0 unspecified atom stereocenters. The zero-order valence-corrected chi connectivity index (χ0v) is 5.55. The highest BCUT2D eigenvalue weighted by Crippen LogP contribution is 2.10. The Morgan fingerprint density at radius 3 is 2.25 bits per heavy atom. The molecule has 1 rings (SSSR count). The first-order valence-corrected chi connectivity index (χ1v) is 2.74. The molecule has 2 nitrogen and oxygen atoms in total. The molecule has 0 aromatic carbocycles. The van der Waals surface area contributed by atoms with Crippen molar-refractivity contribution in [2.75, 3.05) is 7.05 Å². The van der Waals surface area contributed by atoms with Crippen molar-refractivity contribution in [3.8, 4) is 0 Å². The lowest BCUT2D eigenvalue weighted by atomic mass is 9.99. The number of rotatable bonds is 0. The van der Waals surface area contributed by atoms with Gasteiger partial charge in [-0.25, -0.2) is 0 Å². The summed E-state index contributed by atoms with van der Waals surface area (Å²) in [7, 11) is 1.94. The summed E-state index contributed by atoms with van der Waals surface area (Å²) >= 11 is 0. The molecule has 0 aromatic rings. The first-order chi connectivity index (χ1) is 3.60. The Morgan fingerprint density at radius 2 is 2.12 bits per heavy atom. The minimum absolute atomic E-state index is 0.175. The van der Waals surface area contributed by atoms with Crippen LogP contribution in [0.1, 0.15) is 13.8 Å². The fourth-order valence-corrected chi connectivity index (χ4v) is 0.788. The molecule has 0 aliphatic carbocycles. The van der Waals surface area contributed by atoms with Crippen LogP contribution in [0, 0.1) is 5.41 Å². The van der Waals surface area contributed by atoms with Gasteiger partial charge in [0.15, 0.2) is 13.3 Å². The highest BCUT2D eigenvalue weighted by molar-refractivity contribution is 5.87. The summed E-state index contributed by atoms with van der Waals surface area (Å²) < 4.78 is 1.83. The Kier molecular flexibility index (Phi) is 0.962. The van der Waals surface area contributed by atoms with Crippen LogP contribution in [0.5, 0.6) is 0 Å². The predicted octanol–water partition coefficient (Wildman–Crippen LogP) is 0.725. The quantitative estimate of drug-likeness (QED) is 0.409. The van der Waals surface area contributed by atoms with E-state index in [1.807, 2.05) is 17.9 Å². The Bertz CT molecular complexity index is 154. The molecular weight excluding hydrogens is 100 g/mol. The van der Waals surface area contributed by atoms with Gasteiger partial charge in [0.25, 0.3) is 0 Å². The van der Waals surface area contributed by atoms with E-state index in [4.69, 9.17) is 0 Å². The van der Waals surface area contributed by atoms with Crippen LogP contribution in [0.3, 0.4) is 0 Å². The van der Waals surface area contributed by atoms with Crippen molar-refractivity contribution >= 4 is 12.4 Å². The van der Waals surface area contributed by atoms with Crippen molar-refractivity contribution in [2.24, 2.45) is 10.5 Å². The lowest BCUT2D eigenvalue weighted by Gasteiger charge is -1.98. The SMILES string of the molecule is C[N+]1=CC(C)(C)C=N1. The molecule has 0 N–H and O–H groups in total. The molecule has 0 atom stereocenters. The van der Waals surface area contributed by atoms with Crippen molar-refractivity contribution < 1.29 is 4.68 Å². The van der Waals surface area contributed by atoms with E-state index in [1.54, 1.807) is 0 Å². The Hall–Kier alpha value is -0.660. The molecule has 0 spiro atoms. The summed E-state index contributed by atoms with van der Waals surface area (Å²) in [6.07, 6.45) is 4.01. The van der Waals surface area contributed by atoms with E-state index in [2.05, 4.69) is 25.2 Å². The molecule has 0 radical (unpaired) electrons. The monoisotopic (exact) mass is 111 g/mol. The summed E-state index contributed by atoms with van der Waals surface area (Å²) in [5.41, 5.74) is 0.175. The molecule has 0 bridgehead atoms. The van der Waals surface area contributed by atoms with Gasteiger partial charge < -0.3 is 0 Å². The van der Waals surface area contributed by atoms with Crippen LogP contribution in [0.25, 0.3) is 0 Å². The number of nitrogens with zero attached hydrogens (tertiary/aromatic N) is 2. The van der Waals surface area contributed by atoms with Crippen molar-refractivity contribution in [1.29, 1.82) is 0 Å². The van der Waals surface area contributed by atoms with Gasteiger partial charge in [-0.3, -0.25) is 0 Å². The average Bonchev–Trinajstić information content (AvgIpc) is 1.82. The second-order valence-corrected chi connectivity index (χ2v) is 2.77. The normalized spacial score (nSPS) is 23.6. The third kappa shape index (κ3) is 0.941. The van der Waals surface area contributed by atoms with Gasteiger partial charge in [-0.15, -0.1) is 0 Å². The predicted molar refractivity (Wildman–Crippen MR) is 34.5 cm³/mol. The van der Waals surface area contributed by atoms with Crippen molar-refractivity contribution in [3.63, 3.8) is 0 Å². The second kappa shape index (κ2) is 1.41. The van der Waals surface area contributed by atoms with Crippen molar-refractivity contribution in [3.05, 3.63) is 0 Å². The van der Waals surface area contributed by atoms with Gasteiger partial charge in [0.05, 0.1) is 11.6 Å². The van der Waals surface area contributed by atoms with Gasteiger partial charge in [0.1, 0.15) is 0 Å². The number of hydrogen-bond acceptors (Lipinski definition) is 1. The zero-order valence-electron chi connectivity index (χ0n) is 5.55. The molecule has 0 aromatic heterocycles. The topological polar surface area (TPSA) is 15.4 Å². The van der Waals surface area contributed by atoms with Crippen LogP contribution in [-0.2, 0) is 0 Å². The standard InChI is InChI=1S/C6H11N2/c1-6(2)4-7-8(3)5-6/h4-5H,1-3H3/q+1. The molecular formula is C6H11N2+. The van der Waals surface area contributed by atoms with Crippen LogP contribution in [-0.4, -0.2) is 24.2 Å². The Balaban J connectivity index is 2.84. The molecule has 1 heterocycles. The van der Waals surface area contributed by atoms with E-state index in [9.17, 15) is 0 Å². The average molecular weight is 111 g/mol. The van der Waals surface area contributed by atoms with E-state index in [1.165, 1.54) is 0 Å². The Morgan fingerprint density at radius 1 is 1.50 bits per heavy atom. The van der Waals surface area contributed by atoms with Crippen molar-refractivity contribution in [1.82, 2.24) is 0 Å². The van der Waals surface area contributed by atoms with E-state index >= 15 is 0 Å². The summed E-state index contributed by atoms with van der Waals surface area (Å²) in [6.45, 7) is 4.25. The van der Waals surface area contributed by atoms with Gasteiger partial charge in [-0.2, -0.15) is 0 Å². The van der Waals surface area contributed by atoms with Crippen molar-refractivity contribution in [2.45, 2.75) is 13.8 Å². The fraction of sp³-hybridized carbons (Fsp3) is 0.667. The third-order valence-corrected chi connectivity index (χ3v) is 1.09. The van der Waals surface area contributed by atoms with Gasteiger partial charge in [-0.1, -0.05) is 4.68 Å². The molecule has 0 saturated carbocycles. The van der Waals surface area contributed by atoms with E-state index in [0.29, 0.717) is 0 Å². The maximum absolute atomic E-state index is 4.04. The molecule has 44 valence electrons. The smallest absolute Gasteiger partial charge is 0.0974 e. The minimum Gasteiger partial charge on any atom is -0.0974 e. The van der Waals surface area contributed by atoms with Crippen LogP contribution >= 0.6 is 0 Å². The summed E-state index contributed by atoms with van der Waals surface area (Å²) in [4.78, 5) is 0. The van der Waals surface area contributed by atoms with E-state index in [-0.39, 0.29) is 5.41 Å². The molecule has 2 heteroatoms. The summed E-state index contributed by atoms with van der Waals surface area (Å²) in [5, 5.41) is 4.04. The lowest BCUT2D eigenvalue weighted by molar-refractivity contribution is -0.495. The molecule has 1 aliphatic rings. The maximum atomic E-state index is 4.04. The fourth-order valence-electron chi connectivity index (χ4n) is 0.788. The first kappa shape index (κ1) is 5.48. The van der Waals surface area contributed by atoms with Gasteiger partial charge in [0.2, 0.25) is 0 Å². The van der Waals surface area contributed by atoms with Gasteiger partial charge in [-0.05, 0) is 18.9 Å². The highest BCUT2D eigenvalue weighted by atomic mass is 15.4. The minimum atomic E-state index is 0.175. The van der Waals surface area contributed by atoms with Gasteiger partial charge >= 0.3 is 0 Å². The van der Waals surface area contributed by atoms with Crippen LogP contribution in [0.15, 0.2) is 5.10 Å². The largest absolute Gasteiger partial charge is 0.183 e. The third-order valence-electron chi connectivity index (χ3n) is 1.09. The molecule has 0 fully saturated rings. The summed E-state index contributed by atoms with van der Waals surface area (Å²) in [5.74, 6) is 0. The number of hydrazone groups is 1. The molecule has 0 saturated heterocycles. The lowest BCUT2D eigenvalue weighted by Crippen LogP contribution is -2.12. The van der Waals surface area contributed by atoms with Gasteiger partial charge in [0, 0.05) is 0 Å². The highest BCUT2D eigenvalue weighted by Gasteiger charge is 2.23. The molecule has 8 heavy (non-hydrogen) atoms.